The third kappa shape index (κ3) is 8.46. The molecular weight excluding hydrogens is 472 g/mol. The molecule has 9 heteroatoms. The van der Waals surface area contributed by atoms with E-state index in [4.69, 9.17) is 4.74 Å². The highest BCUT2D eigenvalue weighted by atomic mass is 127. The molecule has 2 aromatic rings. The maximum Gasteiger partial charge on any atom is 0.416 e. The van der Waals surface area contributed by atoms with Crippen LogP contribution in [-0.2, 0) is 12.6 Å². The van der Waals surface area contributed by atoms with Crippen molar-refractivity contribution in [2.45, 2.75) is 12.6 Å². The van der Waals surface area contributed by atoms with Crippen molar-refractivity contribution >= 4 is 29.9 Å². The Labute approximate surface area is 173 Å². The van der Waals surface area contributed by atoms with E-state index >= 15 is 0 Å². The average Bonchev–Trinajstić information content (AvgIpc) is 2.64. The molecule has 0 spiro atoms. The van der Waals surface area contributed by atoms with Crippen LogP contribution in [0.2, 0.25) is 0 Å². The van der Waals surface area contributed by atoms with E-state index in [1.54, 1.807) is 13.2 Å². The molecule has 0 saturated heterocycles. The molecule has 148 valence electrons. The summed E-state index contributed by atoms with van der Waals surface area (Å²) in [5.74, 6) is 0.772. The van der Waals surface area contributed by atoms with Crippen LogP contribution in [-0.4, -0.2) is 37.7 Å². The molecule has 0 fully saturated rings. The summed E-state index contributed by atoms with van der Waals surface area (Å²) >= 11 is 0. The normalized spacial score (nSPS) is 11.5. The lowest BCUT2D eigenvalue weighted by molar-refractivity contribution is -0.137. The Balaban J connectivity index is 0.00000364. The monoisotopic (exact) mass is 494 g/mol. The van der Waals surface area contributed by atoms with Crippen molar-refractivity contribution in [1.29, 1.82) is 0 Å². The Hall–Kier alpha value is -2.04. The van der Waals surface area contributed by atoms with E-state index in [0.29, 0.717) is 19.0 Å². The Morgan fingerprint density at radius 2 is 1.89 bits per heavy atom. The van der Waals surface area contributed by atoms with Gasteiger partial charge in [-0.2, -0.15) is 13.2 Å². The predicted octanol–water partition coefficient (Wildman–Crippen LogP) is 3.50. The van der Waals surface area contributed by atoms with Gasteiger partial charge in [0.2, 0.25) is 0 Å². The number of rotatable bonds is 7. The Kier molecular flexibility index (Phi) is 9.90. The molecule has 27 heavy (non-hydrogen) atoms. The molecule has 0 aliphatic heterocycles. The number of hydrogen-bond acceptors (Lipinski definition) is 3. The van der Waals surface area contributed by atoms with Crippen LogP contribution in [0, 0.1) is 0 Å². The molecule has 0 aliphatic carbocycles. The first-order chi connectivity index (χ1) is 12.5. The van der Waals surface area contributed by atoms with Crippen molar-refractivity contribution in [3.05, 3.63) is 59.9 Å². The summed E-state index contributed by atoms with van der Waals surface area (Å²) in [4.78, 5) is 8.31. The third-order valence-electron chi connectivity index (χ3n) is 3.45. The number of aromatic nitrogens is 1. The lowest BCUT2D eigenvalue weighted by atomic mass is 10.2. The Morgan fingerprint density at radius 3 is 2.56 bits per heavy atom. The SMILES string of the molecule is CN=C(NCCOc1cccc(C(F)(F)F)c1)NCCc1ccccn1.I. The topological polar surface area (TPSA) is 58.5 Å². The molecule has 1 aromatic carbocycles. The molecule has 2 N–H and O–H groups in total. The van der Waals surface area contributed by atoms with Gasteiger partial charge in [0.15, 0.2) is 5.96 Å². The summed E-state index contributed by atoms with van der Waals surface area (Å²) in [5, 5.41) is 6.18. The number of halogens is 4. The van der Waals surface area contributed by atoms with Crippen molar-refractivity contribution in [2.24, 2.45) is 4.99 Å². The van der Waals surface area contributed by atoms with Gasteiger partial charge in [-0.05, 0) is 30.3 Å². The standard InChI is InChI=1S/C18H21F3N4O.HI/c1-22-17(24-10-8-15-6-2-3-9-23-15)25-11-12-26-16-7-4-5-14(13-16)18(19,20)21;/h2-7,9,13H,8,10-12H2,1H3,(H2,22,24,25);1H. The van der Waals surface area contributed by atoms with Gasteiger partial charge in [0, 0.05) is 31.9 Å². The zero-order valence-electron chi connectivity index (χ0n) is 14.8. The first kappa shape index (κ1) is 23.0. The fourth-order valence-electron chi connectivity index (χ4n) is 2.18. The quantitative estimate of drug-likeness (QED) is 0.268. The van der Waals surface area contributed by atoms with E-state index in [9.17, 15) is 13.2 Å². The third-order valence-corrected chi connectivity index (χ3v) is 3.45. The van der Waals surface area contributed by atoms with Crippen LogP contribution < -0.4 is 15.4 Å². The van der Waals surface area contributed by atoms with Crippen molar-refractivity contribution < 1.29 is 17.9 Å². The number of benzene rings is 1. The van der Waals surface area contributed by atoms with E-state index in [2.05, 4.69) is 20.6 Å². The highest BCUT2D eigenvalue weighted by molar-refractivity contribution is 14.0. The van der Waals surface area contributed by atoms with Gasteiger partial charge in [0.25, 0.3) is 0 Å². The van der Waals surface area contributed by atoms with Crippen LogP contribution >= 0.6 is 24.0 Å². The average molecular weight is 494 g/mol. The second kappa shape index (κ2) is 11.6. The number of ether oxygens (including phenoxy) is 1. The van der Waals surface area contributed by atoms with Crippen LogP contribution in [0.3, 0.4) is 0 Å². The van der Waals surface area contributed by atoms with Gasteiger partial charge >= 0.3 is 6.18 Å². The van der Waals surface area contributed by atoms with Gasteiger partial charge in [-0.1, -0.05) is 12.1 Å². The minimum atomic E-state index is -4.38. The van der Waals surface area contributed by atoms with Crippen LogP contribution in [0.5, 0.6) is 5.75 Å². The zero-order valence-corrected chi connectivity index (χ0v) is 17.1. The highest BCUT2D eigenvalue weighted by Crippen LogP contribution is 2.31. The van der Waals surface area contributed by atoms with Crippen LogP contribution in [0.15, 0.2) is 53.7 Å². The number of guanidine groups is 1. The molecule has 0 bridgehead atoms. The Morgan fingerprint density at radius 1 is 1.11 bits per heavy atom. The molecule has 0 amide bonds. The summed E-state index contributed by atoms with van der Waals surface area (Å²) < 4.78 is 43.3. The van der Waals surface area contributed by atoms with Crippen LogP contribution in [0.4, 0.5) is 13.2 Å². The van der Waals surface area contributed by atoms with Gasteiger partial charge in [-0.3, -0.25) is 9.98 Å². The summed E-state index contributed by atoms with van der Waals surface area (Å²) in [7, 11) is 1.64. The lowest BCUT2D eigenvalue weighted by Crippen LogP contribution is -2.40. The van der Waals surface area contributed by atoms with Crippen molar-refractivity contribution in [2.75, 3.05) is 26.7 Å². The van der Waals surface area contributed by atoms with E-state index in [0.717, 1.165) is 24.2 Å². The second-order valence-electron chi connectivity index (χ2n) is 5.37. The number of alkyl halides is 3. The lowest BCUT2D eigenvalue weighted by Gasteiger charge is -2.13. The second-order valence-corrected chi connectivity index (χ2v) is 5.37. The van der Waals surface area contributed by atoms with E-state index in [1.165, 1.54) is 12.1 Å². The van der Waals surface area contributed by atoms with Crippen molar-refractivity contribution in [3.63, 3.8) is 0 Å². The minimum absolute atomic E-state index is 0. The van der Waals surface area contributed by atoms with Gasteiger partial charge in [-0.25, -0.2) is 0 Å². The van der Waals surface area contributed by atoms with Crippen LogP contribution in [0.25, 0.3) is 0 Å². The number of nitrogens with one attached hydrogen (secondary N) is 2. The molecule has 2 rings (SSSR count). The van der Waals surface area contributed by atoms with Gasteiger partial charge in [0.05, 0.1) is 12.1 Å². The minimum Gasteiger partial charge on any atom is -0.492 e. The maximum atomic E-state index is 12.7. The number of pyridine rings is 1. The molecule has 0 saturated carbocycles. The van der Waals surface area contributed by atoms with Gasteiger partial charge in [0.1, 0.15) is 12.4 Å². The van der Waals surface area contributed by atoms with Crippen LogP contribution in [0.1, 0.15) is 11.3 Å². The zero-order chi connectivity index (χ0) is 18.8. The van der Waals surface area contributed by atoms with Gasteiger partial charge in [-0.15, -0.1) is 24.0 Å². The summed E-state index contributed by atoms with van der Waals surface area (Å²) in [6.07, 6.45) is -1.88. The van der Waals surface area contributed by atoms with E-state index < -0.39 is 11.7 Å². The molecule has 0 aliphatic rings. The first-order valence-corrected chi connectivity index (χ1v) is 8.13. The van der Waals surface area contributed by atoms with E-state index in [-0.39, 0.29) is 36.3 Å². The summed E-state index contributed by atoms with van der Waals surface area (Å²) in [6, 6.07) is 10.6. The smallest absolute Gasteiger partial charge is 0.416 e. The van der Waals surface area contributed by atoms with E-state index in [1.807, 2.05) is 18.2 Å². The van der Waals surface area contributed by atoms with Crippen molar-refractivity contribution in [3.8, 4) is 5.75 Å². The fraction of sp³-hybridized carbons (Fsp3) is 0.333. The molecule has 1 heterocycles. The molecule has 0 atom stereocenters. The summed E-state index contributed by atoms with van der Waals surface area (Å²) in [5.41, 5.74) is 0.248. The van der Waals surface area contributed by atoms with Crippen molar-refractivity contribution in [1.82, 2.24) is 15.6 Å². The summed E-state index contributed by atoms with van der Waals surface area (Å²) in [6.45, 7) is 1.27. The fourth-order valence-corrected chi connectivity index (χ4v) is 2.18. The highest BCUT2D eigenvalue weighted by Gasteiger charge is 2.30. The molecule has 0 radical (unpaired) electrons. The Bertz CT molecular complexity index is 711. The number of hydrogen-bond donors (Lipinski definition) is 2. The number of aliphatic imine (C=N–C) groups is 1. The molecular formula is C18H22F3IN4O. The molecule has 5 nitrogen and oxygen atoms in total. The first-order valence-electron chi connectivity index (χ1n) is 8.13. The molecule has 1 aromatic heterocycles. The van der Waals surface area contributed by atoms with Gasteiger partial charge < -0.3 is 15.4 Å². The largest absolute Gasteiger partial charge is 0.492 e. The maximum absolute atomic E-state index is 12.7. The number of nitrogens with zero attached hydrogens (tertiary/aromatic N) is 2. The molecule has 0 unspecified atom stereocenters. The predicted molar refractivity (Wildman–Crippen MR) is 110 cm³/mol.